The molecule has 0 saturated carbocycles. The second-order valence-electron chi connectivity index (χ2n) is 6.19. The molecule has 1 N–H and O–H groups in total. The summed E-state index contributed by atoms with van der Waals surface area (Å²) in [4.78, 5) is 11.0. The molecule has 0 aliphatic carbocycles. The van der Waals surface area contributed by atoms with Crippen LogP contribution in [0.4, 0.5) is 5.95 Å². The van der Waals surface area contributed by atoms with Crippen LogP contribution in [0.2, 0.25) is 0 Å². The topological polar surface area (TPSA) is 59.5 Å². The average Bonchev–Trinajstić information content (AvgIpc) is 2.67. The van der Waals surface area contributed by atoms with Crippen molar-refractivity contribution in [1.29, 1.82) is 0 Å². The van der Waals surface area contributed by atoms with Crippen LogP contribution in [0, 0.1) is 0 Å². The van der Waals surface area contributed by atoms with Gasteiger partial charge in [0.05, 0.1) is 0 Å². The first-order valence-electron chi connectivity index (χ1n) is 8.52. The summed E-state index contributed by atoms with van der Waals surface area (Å²) in [5.74, 6) is 2.52. The minimum Gasteiger partial charge on any atom is -0.486 e. The lowest BCUT2D eigenvalue weighted by Gasteiger charge is -2.33. The molecule has 0 spiro atoms. The molecule has 1 aromatic heterocycles. The molecule has 2 aliphatic rings. The first-order chi connectivity index (χ1) is 11.9. The van der Waals surface area contributed by atoms with Crippen molar-refractivity contribution in [3.63, 3.8) is 0 Å². The smallest absolute Gasteiger partial charge is 0.225 e. The fourth-order valence-electron chi connectivity index (χ4n) is 3.24. The Kier molecular flexibility index (Phi) is 4.46. The molecule has 4 rings (SSSR count). The van der Waals surface area contributed by atoms with E-state index in [2.05, 4.69) is 32.3 Å². The third kappa shape index (κ3) is 3.43. The molecule has 1 fully saturated rings. The third-order valence-electron chi connectivity index (χ3n) is 4.46. The van der Waals surface area contributed by atoms with Gasteiger partial charge in [-0.05, 0) is 36.6 Å². The standard InChI is InChI=1S/C18H22N4O2/c1-3-15(13-22(8-1)18-19-6-2-7-20-18)21-12-14-4-5-16-17(11-14)24-10-9-23-16/h2,4-7,11,15,21H,1,3,8-10,12-13H2. The molecule has 0 amide bonds. The molecule has 1 saturated heterocycles. The van der Waals surface area contributed by atoms with E-state index in [4.69, 9.17) is 9.47 Å². The Morgan fingerprint density at radius 2 is 1.96 bits per heavy atom. The van der Waals surface area contributed by atoms with Crippen LogP contribution in [-0.2, 0) is 6.54 Å². The van der Waals surface area contributed by atoms with Gasteiger partial charge in [0.15, 0.2) is 11.5 Å². The van der Waals surface area contributed by atoms with Crippen molar-refractivity contribution in [3.8, 4) is 11.5 Å². The van der Waals surface area contributed by atoms with Gasteiger partial charge in [0.1, 0.15) is 13.2 Å². The molecule has 6 heteroatoms. The number of ether oxygens (including phenoxy) is 2. The van der Waals surface area contributed by atoms with Gasteiger partial charge in [-0.25, -0.2) is 9.97 Å². The predicted molar refractivity (Wildman–Crippen MR) is 91.5 cm³/mol. The summed E-state index contributed by atoms with van der Waals surface area (Å²) < 4.78 is 11.2. The molecule has 2 aliphatic heterocycles. The van der Waals surface area contributed by atoms with Crippen LogP contribution in [0.3, 0.4) is 0 Å². The van der Waals surface area contributed by atoms with E-state index in [1.165, 1.54) is 12.0 Å². The molecule has 6 nitrogen and oxygen atoms in total. The quantitative estimate of drug-likeness (QED) is 0.927. The van der Waals surface area contributed by atoms with E-state index in [0.717, 1.165) is 43.5 Å². The number of fused-ring (bicyclic) bond motifs is 1. The molecular weight excluding hydrogens is 304 g/mol. The molecule has 1 unspecified atom stereocenters. The van der Waals surface area contributed by atoms with Crippen molar-refractivity contribution in [3.05, 3.63) is 42.2 Å². The van der Waals surface area contributed by atoms with Crippen LogP contribution < -0.4 is 19.7 Å². The Hall–Kier alpha value is -2.34. The van der Waals surface area contributed by atoms with Gasteiger partial charge in [0.2, 0.25) is 5.95 Å². The molecule has 1 atom stereocenters. The van der Waals surface area contributed by atoms with Crippen molar-refractivity contribution >= 4 is 5.95 Å². The zero-order chi connectivity index (χ0) is 16.2. The minimum atomic E-state index is 0.441. The number of benzene rings is 1. The Morgan fingerprint density at radius 3 is 2.83 bits per heavy atom. The highest BCUT2D eigenvalue weighted by Crippen LogP contribution is 2.30. The van der Waals surface area contributed by atoms with Crippen LogP contribution in [0.15, 0.2) is 36.7 Å². The van der Waals surface area contributed by atoms with Crippen LogP contribution in [-0.4, -0.2) is 42.3 Å². The Morgan fingerprint density at radius 1 is 1.12 bits per heavy atom. The Labute approximate surface area is 141 Å². The number of hydrogen-bond donors (Lipinski definition) is 1. The minimum absolute atomic E-state index is 0.441. The van der Waals surface area contributed by atoms with Crippen LogP contribution in [0.5, 0.6) is 11.5 Å². The number of aromatic nitrogens is 2. The maximum atomic E-state index is 5.65. The van der Waals surface area contributed by atoms with E-state index in [9.17, 15) is 0 Å². The first kappa shape index (κ1) is 15.2. The molecule has 126 valence electrons. The van der Waals surface area contributed by atoms with E-state index < -0.39 is 0 Å². The van der Waals surface area contributed by atoms with E-state index in [1.54, 1.807) is 12.4 Å². The summed E-state index contributed by atoms with van der Waals surface area (Å²) in [6.45, 7) is 4.04. The number of hydrogen-bond acceptors (Lipinski definition) is 6. The number of anilines is 1. The Balaban J connectivity index is 1.35. The second-order valence-corrected chi connectivity index (χ2v) is 6.19. The van der Waals surface area contributed by atoms with E-state index >= 15 is 0 Å². The van der Waals surface area contributed by atoms with E-state index in [-0.39, 0.29) is 0 Å². The number of nitrogens with zero attached hydrogens (tertiary/aromatic N) is 3. The van der Waals surface area contributed by atoms with Crippen molar-refractivity contribution in [1.82, 2.24) is 15.3 Å². The molecular formula is C18H22N4O2. The monoisotopic (exact) mass is 326 g/mol. The molecule has 1 aromatic carbocycles. The molecule has 2 aromatic rings. The maximum absolute atomic E-state index is 5.65. The van der Waals surface area contributed by atoms with Gasteiger partial charge in [0.25, 0.3) is 0 Å². The van der Waals surface area contributed by atoms with Gasteiger partial charge in [-0.3, -0.25) is 0 Å². The van der Waals surface area contributed by atoms with Crippen LogP contribution in [0.1, 0.15) is 18.4 Å². The van der Waals surface area contributed by atoms with Crippen LogP contribution in [0.25, 0.3) is 0 Å². The highest BCUT2D eigenvalue weighted by Gasteiger charge is 2.21. The summed E-state index contributed by atoms with van der Waals surface area (Å²) in [5.41, 5.74) is 1.22. The van der Waals surface area contributed by atoms with Gasteiger partial charge in [-0.1, -0.05) is 6.07 Å². The summed E-state index contributed by atoms with van der Waals surface area (Å²) in [6, 6.07) is 8.46. The van der Waals surface area contributed by atoms with Crippen molar-refractivity contribution < 1.29 is 9.47 Å². The zero-order valence-corrected chi connectivity index (χ0v) is 13.6. The second kappa shape index (κ2) is 7.05. The molecule has 24 heavy (non-hydrogen) atoms. The highest BCUT2D eigenvalue weighted by molar-refractivity contribution is 5.43. The van der Waals surface area contributed by atoms with Gasteiger partial charge in [-0.15, -0.1) is 0 Å². The Bertz CT molecular complexity index is 680. The number of rotatable bonds is 4. The lowest BCUT2D eigenvalue weighted by Crippen LogP contribution is -2.46. The fourth-order valence-corrected chi connectivity index (χ4v) is 3.24. The largest absolute Gasteiger partial charge is 0.486 e. The lowest BCUT2D eigenvalue weighted by atomic mass is 10.1. The average molecular weight is 326 g/mol. The maximum Gasteiger partial charge on any atom is 0.225 e. The normalized spacial score (nSPS) is 20.0. The van der Waals surface area contributed by atoms with Gasteiger partial charge in [-0.2, -0.15) is 0 Å². The SMILES string of the molecule is c1cnc(N2CCCC(NCc3ccc4c(c3)OCCO4)C2)nc1. The summed E-state index contributed by atoms with van der Waals surface area (Å²) in [5, 5.41) is 3.65. The van der Waals surface area contributed by atoms with Crippen molar-refractivity contribution in [2.24, 2.45) is 0 Å². The van der Waals surface area contributed by atoms with E-state index in [0.29, 0.717) is 19.3 Å². The van der Waals surface area contributed by atoms with Gasteiger partial charge >= 0.3 is 0 Å². The zero-order valence-electron chi connectivity index (χ0n) is 13.6. The summed E-state index contributed by atoms with van der Waals surface area (Å²) in [6.07, 6.45) is 5.92. The third-order valence-corrected chi connectivity index (χ3v) is 4.46. The van der Waals surface area contributed by atoms with Crippen molar-refractivity contribution in [2.75, 3.05) is 31.2 Å². The fraction of sp³-hybridized carbons (Fsp3) is 0.444. The summed E-state index contributed by atoms with van der Waals surface area (Å²) >= 11 is 0. The first-order valence-corrected chi connectivity index (χ1v) is 8.52. The molecule has 0 bridgehead atoms. The van der Waals surface area contributed by atoms with Gasteiger partial charge < -0.3 is 19.7 Å². The highest BCUT2D eigenvalue weighted by atomic mass is 16.6. The van der Waals surface area contributed by atoms with Crippen molar-refractivity contribution in [2.45, 2.75) is 25.4 Å². The van der Waals surface area contributed by atoms with Gasteiger partial charge in [0, 0.05) is 38.1 Å². The lowest BCUT2D eigenvalue weighted by molar-refractivity contribution is 0.171. The number of piperidine rings is 1. The molecule has 3 heterocycles. The van der Waals surface area contributed by atoms with E-state index in [1.807, 2.05) is 12.1 Å². The predicted octanol–water partition coefficient (Wildman–Crippen LogP) is 2.01. The molecule has 0 radical (unpaired) electrons. The van der Waals surface area contributed by atoms with Crippen LogP contribution >= 0.6 is 0 Å². The number of nitrogens with one attached hydrogen (secondary N) is 1. The summed E-state index contributed by atoms with van der Waals surface area (Å²) in [7, 11) is 0.